The molecule has 2 aliphatic carbocycles. The van der Waals surface area contributed by atoms with Gasteiger partial charge in [-0.2, -0.15) is 13.2 Å². The van der Waals surface area contributed by atoms with E-state index in [-0.39, 0.29) is 47.8 Å². The molecule has 1 aromatic heterocycles. The first-order valence-corrected chi connectivity index (χ1v) is 21.4. The summed E-state index contributed by atoms with van der Waals surface area (Å²) >= 11 is 0. The Morgan fingerprint density at radius 2 is 1.67 bits per heavy atom. The molecule has 2 aliphatic heterocycles. The van der Waals surface area contributed by atoms with Gasteiger partial charge in [-0.15, -0.1) is 0 Å². The zero-order chi connectivity index (χ0) is 44.2. The van der Waals surface area contributed by atoms with Crippen molar-refractivity contribution in [3.63, 3.8) is 0 Å². The second kappa shape index (κ2) is 16.2. The number of allylic oxidation sites excluding steroid dienone is 1. The highest BCUT2D eigenvalue weighted by molar-refractivity contribution is 7.91. The number of rotatable bonds is 8. The summed E-state index contributed by atoms with van der Waals surface area (Å²) in [4.78, 5) is 65.5. The number of benzene rings is 1. The summed E-state index contributed by atoms with van der Waals surface area (Å²) in [6.07, 6.45) is -0.434. The van der Waals surface area contributed by atoms with Crippen LogP contribution in [0.4, 0.5) is 18.0 Å². The molecule has 330 valence electrons. The van der Waals surface area contributed by atoms with Gasteiger partial charge in [0.05, 0.1) is 36.5 Å². The fourth-order valence-electron chi connectivity index (χ4n) is 7.84. The lowest BCUT2D eigenvalue weighted by molar-refractivity contribution is -0.142. The quantitative estimate of drug-likeness (QED) is 0.307. The number of amides is 4. The Morgan fingerprint density at radius 1 is 1.00 bits per heavy atom. The van der Waals surface area contributed by atoms with Gasteiger partial charge in [-0.05, 0) is 78.1 Å². The predicted molar refractivity (Wildman–Crippen MR) is 210 cm³/mol. The van der Waals surface area contributed by atoms with Gasteiger partial charge < -0.3 is 34.5 Å². The maximum Gasteiger partial charge on any atom is 0.438 e. The zero-order valence-corrected chi connectivity index (χ0v) is 35.7. The molecule has 4 aliphatic rings. The highest BCUT2D eigenvalue weighted by Crippen LogP contribution is 2.48. The summed E-state index contributed by atoms with van der Waals surface area (Å²) in [7, 11) is -1.78. The van der Waals surface area contributed by atoms with Crippen molar-refractivity contribution in [2.75, 3.05) is 20.8 Å². The molecule has 0 bridgehead atoms. The van der Waals surface area contributed by atoms with Gasteiger partial charge >= 0.3 is 12.3 Å². The van der Waals surface area contributed by atoms with E-state index in [2.05, 4.69) is 25.3 Å². The number of carbonyl (C=O) groups is 4. The summed E-state index contributed by atoms with van der Waals surface area (Å²) in [5.74, 6) is -3.97. The highest BCUT2D eigenvalue weighted by Gasteiger charge is 2.63. The second-order valence-electron chi connectivity index (χ2n) is 17.7. The summed E-state index contributed by atoms with van der Waals surface area (Å²) < 4.78 is 91.0. The van der Waals surface area contributed by atoms with E-state index in [1.807, 2.05) is 19.9 Å². The lowest BCUT2D eigenvalue weighted by Gasteiger charge is -2.33. The van der Waals surface area contributed by atoms with Crippen LogP contribution in [-0.2, 0) is 35.3 Å². The van der Waals surface area contributed by atoms with Crippen LogP contribution in [-0.4, -0.2) is 102 Å². The zero-order valence-electron chi connectivity index (χ0n) is 34.9. The van der Waals surface area contributed by atoms with Crippen LogP contribution < -0.4 is 29.6 Å². The van der Waals surface area contributed by atoms with Crippen LogP contribution in [0.15, 0.2) is 24.3 Å². The molecule has 20 heteroatoms. The number of nitrogens with zero attached hydrogens (tertiary/aromatic N) is 3. The Balaban J connectivity index is 1.37. The molecule has 3 N–H and O–H groups in total. The normalized spacial score (nSPS) is 28.8. The topological polar surface area (TPSA) is 204 Å². The van der Waals surface area contributed by atoms with Crippen molar-refractivity contribution in [3.05, 3.63) is 30.0 Å². The number of sulfonamides is 1. The summed E-state index contributed by atoms with van der Waals surface area (Å²) in [6, 6.07) is 0.0438. The third-order valence-corrected chi connectivity index (χ3v) is 13.8. The van der Waals surface area contributed by atoms with Crippen LogP contribution >= 0.6 is 0 Å². The van der Waals surface area contributed by atoms with E-state index in [4.69, 9.17) is 18.9 Å². The van der Waals surface area contributed by atoms with Crippen molar-refractivity contribution < 1.29 is 59.7 Å². The first-order chi connectivity index (χ1) is 27.9. The summed E-state index contributed by atoms with van der Waals surface area (Å²) in [6.45, 7) is 10.2. The molecule has 0 unspecified atom stereocenters. The average Bonchev–Trinajstić information content (AvgIpc) is 4.03. The lowest BCUT2D eigenvalue weighted by Crippen LogP contribution is -2.59. The number of alkyl carbamates (subject to hydrolysis) is 1. The third kappa shape index (κ3) is 9.37. The predicted octanol–water partition coefficient (Wildman–Crippen LogP) is 4.79. The number of fused-ring (bicyclic) bond motifs is 3. The molecular formula is C40H53F3N6O10S. The van der Waals surface area contributed by atoms with Crippen LogP contribution in [0.5, 0.6) is 17.4 Å². The summed E-state index contributed by atoms with van der Waals surface area (Å²) in [5, 5.41) is 5.55. The molecule has 16 nitrogen and oxygen atoms in total. The van der Waals surface area contributed by atoms with Gasteiger partial charge in [0.25, 0.3) is 5.91 Å². The molecule has 6 rings (SSSR count). The van der Waals surface area contributed by atoms with Crippen molar-refractivity contribution >= 4 is 44.9 Å². The second-order valence-corrected chi connectivity index (χ2v) is 19.9. The van der Waals surface area contributed by atoms with Gasteiger partial charge in [0.2, 0.25) is 33.4 Å². The fourth-order valence-corrected chi connectivity index (χ4v) is 9.15. The fraction of sp³-hybridized carbons (Fsp3) is 0.650. The molecular weight excluding hydrogens is 814 g/mol. The Hall–Kier alpha value is -4.88. The van der Waals surface area contributed by atoms with Crippen LogP contribution in [0.3, 0.4) is 0 Å². The van der Waals surface area contributed by atoms with Crippen molar-refractivity contribution in [2.24, 2.45) is 17.8 Å². The van der Waals surface area contributed by atoms with Gasteiger partial charge in [0.15, 0.2) is 11.5 Å². The minimum absolute atomic E-state index is 0.00866. The molecule has 60 heavy (non-hydrogen) atoms. The van der Waals surface area contributed by atoms with Crippen LogP contribution in [0, 0.1) is 17.8 Å². The van der Waals surface area contributed by atoms with Crippen molar-refractivity contribution in [3.8, 4) is 17.4 Å². The first-order valence-electron chi connectivity index (χ1n) is 19.9. The van der Waals surface area contributed by atoms with E-state index < -0.39 is 97.5 Å². The molecule has 1 aromatic carbocycles. The number of nitrogens with one attached hydrogen (secondary N) is 3. The molecule has 1 saturated heterocycles. The molecule has 2 aromatic rings. The number of aromatic nitrogens is 2. The number of hydrogen-bond acceptors (Lipinski definition) is 12. The first kappa shape index (κ1) is 44.7. The number of alkyl halides is 3. The monoisotopic (exact) mass is 866 g/mol. The Morgan fingerprint density at radius 3 is 2.28 bits per heavy atom. The van der Waals surface area contributed by atoms with Crippen LogP contribution in [0.2, 0.25) is 0 Å². The minimum Gasteiger partial charge on any atom is -0.493 e. The molecule has 0 radical (unpaired) electrons. The van der Waals surface area contributed by atoms with Gasteiger partial charge in [0.1, 0.15) is 29.3 Å². The molecule has 3 heterocycles. The molecule has 2 saturated carbocycles. The smallest absolute Gasteiger partial charge is 0.438 e. The molecule has 0 spiro atoms. The Bertz CT molecular complexity index is 2180. The van der Waals surface area contributed by atoms with E-state index in [0.29, 0.717) is 32.1 Å². The van der Waals surface area contributed by atoms with Crippen molar-refractivity contribution in [1.29, 1.82) is 0 Å². The third-order valence-electron chi connectivity index (χ3n) is 11.6. The van der Waals surface area contributed by atoms with E-state index in [1.54, 1.807) is 33.8 Å². The van der Waals surface area contributed by atoms with E-state index in [1.165, 1.54) is 24.1 Å². The van der Waals surface area contributed by atoms with Gasteiger partial charge in [-0.1, -0.05) is 26.0 Å². The molecule has 7 atom stereocenters. The average molecular weight is 867 g/mol. The van der Waals surface area contributed by atoms with Crippen molar-refractivity contribution in [1.82, 2.24) is 30.2 Å². The van der Waals surface area contributed by atoms with E-state index in [0.717, 1.165) is 7.11 Å². The van der Waals surface area contributed by atoms with Crippen LogP contribution in [0.1, 0.15) is 92.2 Å². The number of methoxy groups -OCH3 is 2. The summed E-state index contributed by atoms with van der Waals surface area (Å²) in [5.41, 5.74) is -4.07. The standard InChI is InChI=1S/C40H53F3N6O10S/c1-21-11-9-10-12-23-19-39(23,35(52)48-60(54,55)38(6)13-14-38)47-32(50)27-16-24(20-49(27)34(51)30(22(2)15-21)46-36(53)59-37(3,4)5)58-29-18-26-25(17-28(29)56-7)44-31(40(41,42)43)33(45-26)57-8/h10,12,17-18,21-24,27,30H,9,11,13-16,19-20H2,1-8H3,(H,46,53)(H,47,50)(H,48,52)/b12-10-/t21-,22+,23+,24+,27-,30-,39+/m0/s1. The molecule has 3 fully saturated rings. The number of halogens is 3. The lowest BCUT2D eigenvalue weighted by atomic mass is 9.88. The van der Waals surface area contributed by atoms with E-state index in [9.17, 15) is 40.8 Å². The molecule has 4 amide bonds. The Labute approximate surface area is 346 Å². The maximum absolute atomic E-state index is 14.8. The van der Waals surface area contributed by atoms with E-state index >= 15 is 0 Å². The van der Waals surface area contributed by atoms with Crippen molar-refractivity contribution in [2.45, 2.75) is 127 Å². The SMILES string of the molecule is COc1cc2nc(C(F)(F)F)c(OC)nc2cc1O[C@@H]1C[C@H]2C(=O)N[C@]3(C(=O)NS(=O)(=O)C4(C)CC4)C[C@H]3/C=C\CC[C@H](C)C[C@@H](C)[C@H](NC(=O)OC(C)(C)C)C(=O)N2C1. The number of hydrogen-bond donors (Lipinski definition) is 3. The van der Waals surface area contributed by atoms with Gasteiger partial charge in [-0.25, -0.2) is 23.2 Å². The largest absolute Gasteiger partial charge is 0.493 e. The minimum atomic E-state index is -4.87. The van der Waals surface area contributed by atoms with Gasteiger partial charge in [0, 0.05) is 24.5 Å². The van der Waals surface area contributed by atoms with Crippen LogP contribution in [0.25, 0.3) is 11.0 Å². The highest BCUT2D eigenvalue weighted by atomic mass is 32.2. The number of ether oxygens (including phenoxy) is 4. The van der Waals surface area contributed by atoms with Gasteiger partial charge in [-0.3, -0.25) is 19.1 Å². The maximum atomic E-state index is 14.8. The Kier molecular flexibility index (Phi) is 12.1. The number of carbonyl (C=O) groups excluding carboxylic acids is 4.